The second-order valence-corrected chi connectivity index (χ2v) is 4.97. The zero-order chi connectivity index (χ0) is 10.8. The minimum atomic E-state index is 0.114. The highest BCUT2D eigenvalue weighted by atomic mass is 32.1. The Labute approximate surface area is 94.6 Å². The third-order valence-corrected chi connectivity index (χ3v) is 3.36. The molecule has 0 saturated carbocycles. The van der Waals surface area contributed by atoms with Crippen molar-refractivity contribution >= 4 is 11.3 Å². The smallest absolute Gasteiger partial charge is 0.0266 e. The minimum absolute atomic E-state index is 0.114. The summed E-state index contributed by atoms with van der Waals surface area (Å²) >= 11 is 1.79. The van der Waals surface area contributed by atoms with E-state index in [1.807, 2.05) is 6.92 Å². The van der Waals surface area contributed by atoms with E-state index < -0.39 is 0 Å². The molecule has 1 unspecified atom stereocenters. The highest BCUT2D eigenvalue weighted by Crippen LogP contribution is 2.25. The fourth-order valence-corrected chi connectivity index (χ4v) is 2.29. The van der Waals surface area contributed by atoms with Gasteiger partial charge in [0.25, 0.3) is 0 Å². The van der Waals surface area contributed by atoms with Crippen molar-refractivity contribution < 1.29 is 0 Å². The molecule has 1 heterocycles. The molecule has 2 rings (SSSR count). The lowest BCUT2D eigenvalue weighted by Crippen LogP contribution is -2.04. The molecular formula is C13H15NS. The molecule has 0 fully saturated rings. The maximum Gasteiger partial charge on any atom is 0.0266 e. The Kier molecular flexibility index (Phi) is 2.89. The van der Waals surface area contributed by atoms with Gasteiger partial charge in [0.15, 0.2) is 0 Å². The maximum atomic E-state index is 5.81. The van der Waals surface area contributed by atoms with Gasteiger partial charge in [0, 0.05) is 10.9 Å². The van der Waals surface area contributed by atoms with E-state index in [1.54, 1.807) is 11.3 Å². The average Bonchev–Trinajstić information content (AvgIpc) is 2.65. The van der Waals surface area contributed by atoms with Crippen molar-refractivity contribution in [2.24, 2.45) is 5.73 Å². The quantitative estimate of drug-likeness (QED) is 0.814. The summed E-state index contributed by atoms with van der Waals surface area (Å²) in [4.78, 5) is 1.35. The van der Waals surface area contributed by atoms with Gasteiger partial charge in [-0.3, -0.25) is 0 Å². The van der Waals surface area contributed by atoms with E-state index in [0.717, 1.165) is 0 Å². The van der Waals surface area contributed by atoms with Crippen molar-refractivity contribution in [2.45, 2.75) is 19.9 Å². The highest BCUT2D eigenvalue weighted by Gasteiger charge is 2.02. The number of nitrogens with two attached hydrogens (primary N) is 1. The van der Waals surface area contributed by atoms with E-state index in [4.69, 9.17) is 5.73 Å². The number of hydrogen-bond donors (Lipinski definition) is 1. The number of benzene rings is 1. The fraction of sp³-hybridized carbons (Fsp3) is 0.231. The van der Waals surface area contributed by atoms with Crippen LogP contribution in [0.5, 0.6) is 0 Å². The molecule has 2 aromatic rings. The molecule has 0 radical (unpaired) electrons. The Balaban J connectivity index is 2.31. The molecule has 2 heteroatoms. The topological polar surface area (TPSA) is 26.0 Å². The monoisotopic (exact) mass is 217 g/mol. The molecule has 0 saturated heterocycles. The number of aryl methyl sites for hydroxylation is 1. The predicted molar refractivity (Wildman–Crippen MR) is 67.1 cm³/mol. The molecule has 1 atom stereocenters. The fourth-order valence-electron chi connectivity index (χ4n) is 1.57. The summed E-state index contributed by atoms with van der Waals surface area (Å²) in [6.45, 7) is 4.13. The predicted octanol–water partition coefficient (Wildman–Crippen LogP) is 3.74. The van der Waals surface area contributed by atoms with Gasteiger partial charge in [-0.05, 0) is 42.0 Å². The molecule has 15 heavy (non-hydrogen) atoms. The van der Waals surface area contributed by atoms with Crippen LogP contribution in [-0.4, -0.2) is 0 Å². The van der Waals surface area contributed by atoms with Crippen molar-refractivity contribution in [1.29, 1.82) is 0 Å². The van der Waals surface area contributed by atoms with Crippen LogP contribution >= 0.6 is 11.3 Å². The van der Waals surface area contributed by atoms with Crippen molar-refractivity contribution in [2.75, 3.05) is 0 Å². The number of hydrogen-bond acceptors (Lipinski definition) is 2. The largest absolute Gasteiger partial charge is 0.324 e. The molecule has 0 aliphatic carbocycles. The molecule has 0 spiro atoms. The Morgan fingerprint density at radius 2 is 1.80 bits per heavy atom. The normalized spacial score (nSPS) is 12.7. The van der Waals surface area contributed by atoms with Gasteiger partial charge >= 0.3 is 0 Å². The molecule has 0 aliphatic heterocycles. The van der Waals surface area contributed by atoms with Crippen LogP contribution in [0.4, 0.5) is 0 Å². The third-order valence-electron chi connectivity index (χ3n) is 2.50. The maximum absolute atomic E-state index is 5.81. The summed E-state index contributed by atoms with van der Waals surface area (Å²) in [5.74, 6) is 0. The average molecular weight is 217 g/mol. The van der Waals surface area contributed by atoms with E-state index in [-0.39, 0.29) is 6.04 Å². The van der Waals surface area contributed by atoms with Gasteiger partial charge in [-0.1, -0.05) is 24.3 Å². The lowest BCUT2D eigenvalue weighted by molar-refractivity contribution is 0.818. The first-order valence-corrected chi connectivity index (χ1v) is 5.96. The van der Waals surface area contributed by atoms with Crippen LogP contribution in [0.1, 0.15) is 23.4 Å². The van der Waals surface area contributed by atoms with Crippen LogP contribution in [0.25, 0.3) is 11.1 Å². The molecule has 1 nitrogen and oxygen atoms in total. The van der Waals surface area contributed by atoms with Crippen molar-refractivity contribution in [3.63, 3.8) is 0 Å². The number of rotatable bonds is 2. The molecule has 78 valence electrons. The zero-order valence-electron chi connectivity index (χ0n) is 9.03. The van der Waals surface area contributed by atoms with Crippen LogP contribution in [0.2, 0.25) is 0 Å². The van der Waals surface area contributed by atoms with E-state index in [0.29, 0.717) is 0 Å². The molecule has 1 aromatic carbocycles. The van der Waals surface area contributed by atoms with Gasteiger partial charge in [-0.15, -0.1) is 11.3 Å². The Morgan fingerprint density at radius 1 is 1.13 bits per heavy atom. The summed E-state index contributed by atoms with van der Waals surface area (Å²) in [5.41, 5.74) is 9.56. The minimum Gasteiger partial charge on any atom is -0.324 e. The summed E-state index contributed by atoms with van der Waals surface area (Å²) in [5, 5.41) is 2.19. The van der Waals surface area contributed by atoms with Crippen LogP contribution in [-0.2, 0) is 0 Å². The van der Waals surface area contributed by atoms with Crippen molar-refractivity contribution in [1.82, 2.24) is 0 Å². The standard InChI is InChI=1S/C13H15NS/c1-9-7-13(8-15-9)12-5-3-11(4-6-12)10(2)14/h3-8,10H,14H2,1-2H3. The van der Waals surface area contributed by atoms with Gasteiger partial charge in [0.1, 0.15) is 0 Å². The molecule has 2 N–H and O–H groups in total. The summed E-state index contributed by atoms with van der Waals surface area (Å²) in [6.07, 6.45) is 0. The lowest BCUT2D eigenvalue weighted by Gasteiger charge is -2.05. The molecular weight excluding hydrogens is 202 g/mol. The molecule has 0 aliphatic rings. The molecule has 1 aromatic heterocycles. The van der Waals surface area contributed by atoms with Gasteiger partial charge < -0.3 is 5.73 Å². The highest BCUT2D eigenvalue weighted by molar-refractivity contribution is 7.10. The van der Waals surface area contributed by atoms with Gasteiger partial charge in [-0.25, -0.2) is 0 Å². The third kappa shape index (κ3) is 2.28. The summed E-state index contributed by atoms with van der Waals surface area (Å²) in [7, 11) is 0. The van der Waals surface area contributed by atoms with Crippen molar-refractivity contribution in [3.05, 3.63) is 46.2 Å². The Bertz CT molecular complexity index is 440. The Morgan fingerprint density at radius 3 is 2.27 bits per heavy atom. The number of thiophene rings is 1. The summed E-state index contributed by atoms with van der Waals surface area (Å²) in [6, 6.07) is 10.8. The molecule has 0 bridgehead atoms. The van der Waals surface area contributed by atoms with E-state index in [2.05, 4.69) is 42.6 Å². The summed E-state index contributed by atoms with van der Waals surface area (Å²) < 4.78 is 0. The Hall–Kier alpha value is -1.12. The van der Waals surface area contributed by atoms with E-state index in [1.165, 1.54) is 21.6 Å². The second kappa shape index (κ2) is 4.17. The van der Waals surface area contributed by atoms with Gasteiger partial charge in [0.05, 0.1) is 0 Å². The van der Waals surface area contributed by atoms with Crippen LogP contribution in [0.15, 0.2) is 35.7 Å². The first kappa shape index (κ1) is 10.4. The van der Waals surface area contributed by atoms with Crippen LogP contribution in [0, 0.1) is 6.92 Å². The van der Waals surface area contributed by atoms with Gasteiger partial charge in [0.2, 0.25) is 0 Å². The van der Waals surface area contributed by atoms with E-state index in [9.17, 15) is 0 Å². The van der Waals surface area contributed by atoms with Gasteiger partial charge in [-0.2, -0.15) is 0 Å². The van der Waals surface area contributed by atoms with Crippen molar-refractivity contribution in [3.8, 4) is 11.1 Å². The zero-order valence-corrected chi connectivity index (χ0v) is 9.84. The van der Waals surface area contributed by atoms with Crippen LogP contribution < -0.4 is 5.73 Å². The second-order valence-electron chi connectivity index (χ2n) is 3.86. The lowest BCUT2D eigenvalue weighted by atomic mass is 10.0. The first-order valence-electron chi connectivity index (χ1n) is 5.08. The molecule has 0 amide bonds. The SMILES string of the molecule is Cc1cc(-c2ccc(C(C)N)cc2)cs1. The van der Waals surface area contributed by atoms with Crippen LogP contribution in [0.3, 0.4) is 0 Å². The van der Waals surface area contributed by atoms with E-state index >= 15 is 0 Å². The first-order chi connectivity index (χ1) is 7.16.